The van der Waals surface area contributed by atoms with Crippen molar-refractivity contribution < 1.29 is 4.79 Å². The highest BCUT2D eigenvalue weighted by atomic mass is 32.1. The molecule has 0 aliphatic rings. The largest absolute Gasteiger partial charge is 0.392 e. The van der Waals surface area contributed by atoms with Crippen LogP contribution in [0.4, 0.5) is 5.69 Å². The Hall–Kier alpha value is -1.42. The second-order valence-electron chi connectivity index (χ2n) is 4.95. The van der Waals surface area contributed by atoms with Gasteiger partial charge in [-0.2, -0.15) is 0 Å². The molecule has 19 heavy (non-hydrogen) atoms. The van der Waals surface area contributed by atoms with E-state index >= 15 is 0 Å². The maximum absolute atomic E-state index is 12.2. The zero-order valence-electron chi connectivity index (χ0n) is 11.8. The van der Waals surface area contributed by atoms with E-state index in [4.69, 9.17) is 18.0 Å². The smallest absolute Gasteiger partial charge is 0.237 e. The second kappa shape index (κ2) is 6.66. The van der Waals surface area contributed by atoms with E-state index in [-0.39, 0.29) is 10.9 Å². The maximum Gasteiger partial charge on any atom is 0.237 e. The Balaban J connectivity index is 2.79. The number of nitrogens with two attached hydrogens (primary N) is 1. The van der Waals surface area contributed by atoms with Crippen molar-refractivity contribution in [3.05, 3.63) is 29.8 Å². The van der Waals surface area contributed by atoms with Crippen molar-refractivity contribution in [2.24, 2.45) is 11.1 Å². The summed E-state index contributed by atoms with van der Waals surface area (Å²) in [5.41, 5.74) is 6.93. The predicted octanol–water partition coefficient (Wildman–Crippen LogP) is 3.28. The zero-order chi connectivity index (χ0) is 14.5. The highest BCUT2D eigenvalue weighted by Gasteiger charge is 2.34. The molecule has 1 aromatic rings. The van der Waals surface area contributed by atoms with Crippen LogP contribution < -0.4 is 11.1 Å². The molecule has 0 spiro atoms. The second-order valence-corrected chi connectivity index (χ2v) is 5.39. The molecule has 0 saturated heterocycles. The van der Waals surface area contributed by atoms with Crippen molar-refractivity contribution in [2.45, 2.75) is 40.0 Å². The third kappa shape index (κ3) is 3.77. The lowest BCUT2D eigenvalue weighted by atomic mass is 9.86. The summed E-state index contributed by atoms with van der Waals surface area (Å²) in [5, 5.41) is 2.88. The average molecular weight is 278 g/mol. The fraction of sp³-hybridized carbons (Fsp3) is 0.467. The molecule has 0 aliphatic heterocycles. The SMILES string of the molecule is CCCc1ccc(NC(=O)C(C)(CC)C(N)=S)cc1. The van der Waals surface area contributed by atoms with Gasteiger partial charge in [0.25, 0.3) is 0 Å². The number of amides is 1. The molecule has 1 atom stereocenters. The Kier molecular flexibility index (Phi) is 5.48. The third-order valence-corrected chi connectivity index (χ3v) is 3.95. The van der Waals surface area contributed by atoms with Crippen LogP contribution in [0, 0.1) is 5.41 Å². The molecule has 0 aromatic heterocycles. The van der Waals surface area contributed by atoms with E-state index in [0.29, 0.717) is 6.42 Å². The lowest BCUT2D eigenvalue weighted by Crippen LogP contribution is -2.43. The molecule has 1 amide bonds. The fourth-order valence-electron chi connectivity index (χ4n) is 1.76. The van der Waals surface area contributed by atoms with Gasteiger partial charge in [0.1, 0.15) is 0 Å². The van der Waals surface area contributed by atoms with Gasteiger partial charge in [-0.15, -0.1) is 0 Å². The molecule has 3 nitrogen and oxygen atoms in total. The molecular formula is C15H22N2OS. The van der Waals surface area contributed by atoms with Crippen LogP contribution in [-0.2, 0) is 11.2 Å². The fourth-order valence-corrected chi connectivity index (χ4v) is 2.00. The van der Waals surface area contributed by atoms with Crippen molar-refractivity contribution >= 4 is 28.8 Å². The van der Waals surface area contributed by atoms with Gasteiger partial charge in [0.05, 0.1) is 10.4 Å². The van der Waals surface area contributed by atoms with E-state index in [1.54, 1.807) is 6.92 Å². The van der Waals surface area contributed by atoms with Gasteiger partial charge in [0.15, 0.2) is 0 Å². The summed E-state index contributed by atoms with van der Waals surface area (Å²) in [7, 11) is 0. The Labute approximate surface area is 120 Å². The maximum atomic E-state index is 12.2. The Morgan fingerprint density at radius 1 is 1.32 bits per heavy atom. The van der Waals surface area contributed by atoms with Crippen LogP contribution in [0.3, 0.4) is 0 Å². The van der Waals surface area contributed by atoms with Gasteiger partial charge < -0.3 is 11.1 Å². The number of hydrogen-bond donors (Lipinski definition) is 2. The Bertz CT molecular complexity index is 456. The van der Waals surface area contributed by atoms with Gasteiger partial charge in [0, 0.05) is 5.69 Å². The van der Waals surface area contributed by atoms with E-state index in [2.05, 4.69) is 12.2 Å². The number of carbonyl (C=O) groups is 1. The average Bonchev–Trinajstić information content (AvgIpc) is 2.40. The summed E-state index contributed by atoms with van der Waals surface area (Å²) >= 11 is 4.99. The van der Waals surface area contributed by atoms with Crippen molar-refractivity contribution in [3.8, 4) is 0 Å². The minimum Gasteiger partial charge on any atom is -0.392 e. The minimum atomic E-state index is -0.794. The van der Waals surface area contributed by atoms with Crippen molar-refractivity contribution in [1.29, 1.82) is 0 Å². The van der Waals surface area contributed by atoms with Crippen LogP contribution in [0.25, 0.3) is 0 Å². The van der Waals surface area contributed by atoms with Gasteiger partial charge >= 0.3 is 0 Å². The number of hydrogen-bond acceptors (Lipinski definition) is 2. The summed E-state index contributed by atoms with van der Waals surface area (Å²) in [6.07, 6.45) is 2.75. The predicted molar refractivity (Wildman–Crippen MR) is 84.3 cm³/mol. The third-order valence-electron chi connectivity index (χ3n) is 3.50. The lowest BCUT2D eigenvalue weighted by molar-refractivity contribution is -0.121. The molecule has 1 aromatic carbocycles. The monoisotopic (exact) mass is 278 g/mol. The highest BCUT2D eigenvalue weighted by molar-refractivity contribution is 7.80. The van der Waals surface area contributed by atoms with Gasteiger partial charge in [-0.3, -0.25) is 4.79 Å². The molecule has 4 heteroatoms. The summed E-state index contributed by atoms with van der Waals surface area (Å²) < 4.78 is 0. The number of benzene rings is 1. The normalized spacial score (nSPS) is 13.6. The topological polar surface area (TPSA) is 55.1 Å². The number of rotatable bonds is 6. The molecule has 104 valence electrons. The number of aryl methyl sites for hydroxylation is 1. The molecule has 0 radical (unpaired) electrons. The summed E-state index contributed by atoms with van der Waals surface area (Å²) in [6.45, 7) is 5.82. The number of thiocarbonyl (C=S) groups is 1. The summed E-state index contributed by atoms with van der Waals surface area (Å²) in [5.74, 6) is -0.147. The van der Waals surface area contributed by atoms with Crippen molar-refractivity contribution in [3.63, 3.8) is 0 Å². The Morgan fingerprint density at radius 2 is 1.89 bits per heavy atom. The molecule has 3 N–H and O–H groups in total. The van der Waals surface area contributed by atoms with E-state index in [9.17, 15) is 4.79 Å². The molecule has 0 saturated carbocycles. The van der Waals surface area contributed by atoms with Gasteiger partial charge in [-0.1, -0.05) is 44.6 Å². The van der Waals surface area contributed by atoms with Crippen molar-refractivity contribution in [2.75, 3.05) is 5.32 Å². The number of carbonyl (C=O) groups excluding carboxylic acids is 1. The van der Waals surface area contributed by atoms with E-state index < -0.39 is 5.41 Å². The van der Waals surface area contributed by atoms with Crippen LogP contribution in [0.2, 0.25) is 0 Å². The number of anilines is 1. The van der Waals surface area contributed by atoms with Crippen LogP contribution in [0.1, 0.15) is 39.2 Å². The first-order valence-electron chi connectivity index (χ1n) is 6.64. The molecule has 0 heterocycles. The van der Waals surface area contributed by atoms with Crippen LogP contribution in [-0.4, -0.2) is 10.9 Å². The zero-order valence-corrected chi connectivity index (χ0v) is 12.6. The first-order chi connectivity index (χ1) is 8.93. The molecule has 0 aliphatic carbocycles. The molecule has 0 fully saturated rings. The van der Waals surface area contributed by atoms with Gasteiger partial charge in [-0.05, 0) is 37.5 Å². The quantitative estimate of drug-likeness (QED) is 0.785. The lowest BCUT2D eigenvalue weighted by Gasteiger charge is -2.25. The first-order valence-corrected chi connectivity index (χ1v) is 7.05. The number of nitrogens with one attached hydrogen (secondary N) is 1. The van der Waals surface area contributed by atoms with E-state index in [1.807, 2.05) is 31.2 Å². The van der Waals surface area contributed by atoms with Crippen LogP contribution in [0.5, 0.6) is 0 Å². The Morgan fingerprint density at radius 3 is 2.32 bits per heavy atom. The highest BCUT2D eigenvalue weighted by Crippen LogP contribution is 2.24. The standard InChI is InChI=1S/C15H22N2OS/c1-4-6-11-7-9-12(10-8-11)17-14(18)15(3,5-2)13(16)19/h7-10H,4-6H2,1-3H3,(H2,16,19)(H,17,18). The van der Waals surface area contributed by atoms with Crippen LogP contribution >= 0.6 is 12.2 Å². The van der Waals surface area contributed by atoms with E-state index in [1.165, 1.54) is 5.56 Å². The molecule has 1 rings (SSSR count). The van der Waals surface area contributed by atoms with Crippen molar-refractivity contribution in [1.82, 2.24) is 0 Å². The summed E-state index contributed by atoms with van der Waals surface area (Å²) in [4.78, 5) is 12.5. The van der Waals surface area contributed by atoms with Crippen LogP contribution in [0.15, 0.2) is 24.3 Å². The first kappa shape index (κ1) is 15.6. The van der Waals surface area contributed by atoms with E-state index in [0.717, 1.165) is 18.5 Å². The van der Waals surface area contributed by atoms with Gasteiger partial charge in [-0.25, -0.2) is 0 Å². The molecule has 0 bridgehead atoms. The molecular weight excluding hydrogens is 256 g/mol. The summed E-state index contributed by atoms with van der Waals surface area (Å²) in [6, 6.07) is 7.89. The molecule has 1 unspecified atom stereocenters. The minimum absolute atomic E-state index is 0.147. The van der Waals surface area contributed by atoms with Gasteiger partial charge in [0.2, 0.25) is 5.91 Å².